The predicted octanol–water partition coefficient (Wildman–Crippen LogP) is 0.395. The van der Waals surface area contributed by atoms with Crippen LogP contribution in [0, 0.1) is 0 Å². The summed E-state index contributed by atoms with van der Waals surface area (Å²) in [7, 11) is 0. The van der Waals surface area contributed by atoms with E-state index in [1.165, 1.54) is 0 Å². The molecule has 0 aliphatic rings. The lowest BCUT2D eigenvalue weighted by Crippen LogP contribution is -2.20. The minimum Gasteiger partial charge on any atom is -0.463 e. The molecule has 0 aromatic heterocycles. The highest BCUT2D eigenvalue weighted by Gasteiger charge is 2.12. The van der Waals surface area contributed by atoms with Gasteiger partial charge < -0.3 is 19.7 Å². The van der Waals surface area contributed by atoms with E-state index in [1.807, 2.05) is 0 Å². The number of aliphatic hydroxyl groups excluding tert-OH is 2. The average molecular weight is 262 g/mol. The van der Waals surface area contributed by atoms with Gasteiger partial charge in [-0.2, -0.15) is 0 Å². The SMILES string of the molecule is CCC(O)COC(=O)CCC(=O)OCC(O)CC. The molecule has 0 saturated carbocycles. The molecule has 0 heterocycles. The highest BCUT2D eigenvalue weighted by atomic mass is 16.5. The maximum atomic E-state index is 11.2. The monoisotopic (exact) mass is 262 g/mol. The van der Waals surface area contributed by atoms with Crippen molar-refractivity contribution < 1.29 is 29.3 Å². The molecule has 0 aliphatic carbocycles. The molecule has 2 N–H and O–H groups in total. The summed E-state index contributed by atoms with van der Waals surface area (Å²) < 4.78 is 9.49. The lowest BCUT2D eigenvalue weighted by molar-refractivity contribution is -0.153. The van der Waals surface area contributed by atoms with Crippen molar-refractivity contribution in [3.8, 4) is 0 Å². The van der Waals surface area contributed by atoms with Crippen LogP contribution in [0.5, 0.6) is 0 Å². The Morgan fingerprint density at radius 1 is 0.889 bits per heavy atom. The number of rotatable bonds is 9. The van der Waals surface area contributed by atoms with E-state index in [0.29, 0.717) is 12.8 Å². The molecule has 0 bridgehead atoms. The fraction of sp³-hybridized carbons (Fsp3) is 0.833. The first-order valence-electron chi connectivity index (χ1n) is 6.16. The third kappa shape index (κ3) is 8.95. The molecule has 0 radical (unpaired) electrons. The fourth-order valence-electron chi connectivity index (χ4n) is 0.962. The number of carbonyl (C=O) groups excluding carboxylic acids is 2. The molecule has 0 fully saturated rings. The number of hydrogen-bond acceptors (Lipinski definition) is 6. The standard InChI is InChI=1S/C12H22O6/c1-3-9(13)7-17-11(15)5-6-12(16)18-8-10(14)4-2/h9-10,13-14H,3-8H2,1-2H3. The van der Waals surface area contributed by atoms with Crippen molar-refractivity contribution in [3.05, 3.63) is 0 Å². The van der Waals surface area contributed by atoms with Crippen molar-refractivity contribution in [1.82, 2.24) is 0 Å². The Kier molecular flexibility index (Phi) is 9.22. The maximum Gasteiger partial charge on any atom is 0.306 e. The van der Waals surface area contributed by atoms with Crippen LogP contribution in [0.2, 0.25) is 0 Å². The van der Waals surface area contributed by atoms with Gasteiger partial charge in [0.25, 0.3) is 0 Å². The summed E-state index contributed by atoms with van der Waals surface area (Å²) in [6.07, 6.45) is -0.495. The Hall–Kier alpha value is -1.14. The van der Waals surface area contributed by atoms with E-state index < -0.39 is 24.1 Å². The molecule has 18 heavy (non-hydrogen) atoms. The number of aliphatic hydroxyl groups is 2. The predicted molar refractivity (Wildman–Crippen MR) is 63.7 cm³/mol. The second kappa shape index (κ2) is 9.85. The first-order chi connectivity index (χ1) is 8.49. The minimum atomic E-state index is -0.666. The fourth-order valence-corrected chi connectivity index (χ4v) is 0.962. The van der Waals surface area contributed by atoms with Gasteiger partial charge in [0, 0.05) is 0 Å². The first kappa shape index (κ1) is 16.9. The second-order valence-electron chi connectivity index (χ2n) is 3.99. The first-order valence-corrected chi connectivity index (χ1v) is 6.16. The van der Waals surface area contributed by atoms with Gasteiger partial charge in [0.1, 0.15) is 13.2 Å². The van der Waals surface area contributed by atoms with Crippen LogP contribution in [0.25, 0.3) is 0 Å². The third-order valence-corrected chi connectivity index (χ3v) is 2.35. The van der Waals surface area contributed by atoms with Crippen molar-refractivity contribution in [2.75, 3.05) is 13.2 Å². The molecule has 2 unspecified atom stereocenters. The van der Waals surface area contributed by atoms with Crippen molar-refractivity contribution in [3.63, 3.8) is 0 Å². The third-order valence-electron chi connectivity index (χ3n) is 2.35. The highest BCUT2D eigenvalue weighted by Crippen LogP contribution is 2.00. The van der Waals surface area contributed by atoms with Crippen molar-refractivity contribution in [2.45, 2.75) is 51.7 Å². The van der Waals surface area contributed by atoms with E-state index >= 15 is 0 Å². The molecule has 0 amide bonds. The molecule has 2 atom stereocenters. The van der Waals surface area contributed by atoms with Crippen LogP contribution in [-0.4, -0.2) is 47.6 Å². The smallest absolute Gasteiger partial charge is 0.306 e. The summed E-state index contributed by atoms with van der Waals surface area (Å²) in [6, 6.07) is 0. The lowest BCUT2D eigenvalue weighted by atomic mass is 10.3. The van der Waals surface area contributed by atoms with Crippen molar-refractivity contribution >= 4 is 11.9 Å². The van der Waals surface area contributed by atoms with E-state index in [4.69, 9.17) is 19.7 Å². The minimum absolute atomic E-state index is 0.0566. The van der Waals surface area contributed by atoms with E-state index in [2.05, 4.69) is 0 Å². The van der Waals surface area contributed by atoms with Crippen LogP contribution in [0.15, 0.2) is 0 Å². The van der Waals surface area contributed by atoms with Gasteiger partial charge in [0.15, 0.2) is 0 Å². The Bertz CT molecular complexity index is 227. The average Bonchev–Trinajstić information content (AvgIpc) is 2.39. The largest absolute Gasteiger partial charge is 0.463 e. The summed E-state index contributed by atoms with van der Waals surface area (Å²) in [5.41, 5.74) is 0. The zero-order valence-electron chi connectivity index (χ0n) is 10.9. The molecule has 0 spiro atoms. The van der Waals surface area contributed by atoms with Gasteiger partial charge in [0.05, 0.1) is 25.0 Å². The van der Waals surface area contributed by atoms with Crippen LogP contribution >= 0.6 is 0 Å². The number of ether oxygens (including phenoxy) is 2. The Labute approximate surface area is 107 Å². The van der Waals surface area contributed by atoms with Crippen LogP contribution < -0.4 is 0 Å². The number of esters is 2. The van der Waals surface area contributed by atoms with Gasteiger partial charge in [-0.1, -0.05) is 13.8 Å². The van der Waals surface area contributed by atoms with E-state index in [9.17, 15) is 9.59 Å². The highest BCUT2D eigenvalue weighted by molar-refractivity contribution is 5.77. The van der Waals surface area contributed by atoms with Gasteiger partial charge >= 0.3 is 11.9 Å². The molecular weight excluding hydrogens is 240 g/mol. The van der Waals surface area contributed by atoms with Crippen LogP contribution in [0.1, 0.15) is 39.5 Å². The number of carbonyl (C=O) groups is 2. The summed E-state index contributed by atoms with van der Waals surface area (Å²) in [5, 5.41) is 18.3. The van der Waals surface area contributed by atoms with E-state index in [-0.39, 0.29) is 26.1 Å². The van der Waals surface area contributed by atoms with Gasteiger partial charge in [0.2, 0.25) is 0 Å². The van der Waals surface area contributed by atoms with Crippen LogP contribution in [0.4, 0.5) is 0 Å². The molecular formula is C12H22O6. The summed E-state index contributed by atoms with van der Waals surface area (Å²) >= 11 is 0. The quantitative estimate of drug-likeness (QED) is 0.584. The second-order valence-corrected chi connectivity index (χ2v) is 3.99. The van der Waals surface area contributed by atoms with Gasteiger partial charge in [-0.05, 0) is 12.8 Å². The normalized spacial score (nSPS) is 13.8. The van der Waals surface area contributed by atoms with Crippen molar-refractivity contribution in [2.24, 2.45) is 0 Å². The van der Waals surface area contributed by atoms with Crippen LogP contribution in [-0.2, 0) is 19.1 Å². The van der Waals surface area contributed by atoms with E-state index in [0.717, 1.165) is 0 Å². The molecule has 0 aromatic rings. The summed E-state index contributed by atoms with van der Waals surface area (Å²) in [6.45, 7) is 3.43. The number of hydrogen-bond donors (Lipinski definition) is 2. The zero-order valence-corrected chi connectivity index (χ0v) is 10.9. The lowest BCUT2D eigenvalue weighted by Gasteiger charge is -2.10. The molecule has 0 rings (SSSR count). The van der Waals surface area contributed by atoms with Gasteiger partial charge in [-0.15, -0.1) is 0 Å². The van der Waals surface area contributed by atoms with E-state index in [1.54, 1.807) is 13.8 Å². The van der Waals surface area contributed by atoms with Crippen LogP contribution in [0.3, 0.4) is 0 Å². The maximum absolute atomic E-state index is 11.2. The topological polar surface area (TPSA) is 93.1 Å². The Balaban J connectivity index is 3.62. The Morgan fingerprint density at radius 3 is 1.50 bits per heavy atom. The molecule has 0 saturated heterocycles. The molecule has 106 valence electrons. The molecule has 6 nitrogen and oxygen atoms in total. The van der Waals surface area contributed by atoms with Gasteiger partial charge in [-0.25, -0.2) is 0 Å². The molecule has 6 heteroatoms. The molecule has 0 aliphatic heterocycles. The summed E-state index contributed by atoms with van der Waals surface area (Å²) in [5.74, 6) is -1.09. The molecule has 0 aromatic carbocycles. The van der Waals surface area contributed by atoms with Gasteiger partial charge in [-0.3, -0.25) is 9.59 Å². The van der Waals surface area contributed by atoms with Crippen molar-refractivity contribution in [1.29, 1.82) is 0 Å². The Morgan fingerprint density at radius 2 is 1.22 bits per heavy atom. The zero-order chi connectivity index (χ0) is 14.0. The summed E-state index contributed by atoms with van der Waals surface area (Å²) in [4.78, 5) is 22.3.